The Hall–Kier alpha value is -0.160. The van der Waals surface area contributed by atoms with Crippen LogP contribution in [0.5, 0.6) is 0 Å². The summed E-state index contributed by atoms with van der Waals surface area (Å²) in [4.78, 5) is 2.08. The lowest BCUT2D eigenvalue weighted by molar-refractivity contribution is 0.0622. The predicted octanol–water partition coefficient (Wildman–Crippen LogP) is -0.583. The number of aliphatic hydroxyl groups is 1. The Labute approximate surface area is 79.7 Å². The summed E-state index contributed by atoms with van der Waals surface area (Å²) >= 11 is 0. The first-order valence-electron chi connectivity index (χ1n) is 4.90. The first kappa shape index (κ1) is 10.9. The number of ether oxygens (including phenoxy) is 1. The van der Waals surface area contributed by atoms with Crippen molar-refractivity contribution in [1.29, 1.82) is 0 Å². The minimum absolute atomic E-state index is 0.329. The van der Waals surface area contributed by atoms with E-state index in [1.165, 1.54) is 0 Å². The number of rotatable bonds is 5. The van der Waals surface area contributed by atoms with Gasteiger partial charge in [-0.3, -0.25) is 0 Å². The molecule has 1 aliphatic heterocycles. The monoisotopic (exact) mass is 188 g/mol. The largest absolute Gasteiger partial charge is 0.390 e. The van der Waals surface area contributed by atoms with Gasteiger partial charge in [0, 0.05) is 26.2 Å². The van der Waals surface area contributed by atoms with Crippen LogP contribution in [0.1, 0.15) is 12.8 Å². The van der Waals surface area contributed by atoms with Gasteiger partial charge in [0.15, 0.2) is 0 Å². The quantitative estimate of drug-likeness (QED) is 0.606. The average Bonchev–Trinajstić information content (AvgIpc) is 2.56. The smallest absolute Gasteiger partial charge is 0.0789 e. The Morgan fingerprint density at radius 2 is 2.46 bits per heavy atom. The van der Waals surface area contributed by atoms with Crippen molar-refractivity contribution in [1.82, 2.24) is 4.90 Å². The van der Waals surface area contributed by atoms with Crippen molar-refractivity contribution in [2.75, 3.05) is 33.3 Å². The van der Waals surface area contributed by atoms with Crippen LogP contribution in [0.25, 0.3) is 0 Å². The Balaban J connectivity index is 2.12. The molecule has 2 unspecified atom stereocenters. The third-order valence-electron chi connectivity index (χ3n) is 2.33. The highest BCUT2D eigenvalue weighted by atomic mass is 16.5. The molecular weight excluding hydrogens is 168 g/mol. The van der Waals surface area contributed by atoms with E-state index >= 15 is 0 Å². The summed E-state index contributed by atoms with van der Waals surface area (Å²) in [5.74, 6) is 0. The molecule has 0 aromatic heterocycles. The van der Waals surface area contributed by atoms with Crippen LogP contribution in [0.2, 0.25) is 0 Å². The molecule has 1 aliphatic rings. The second kappa shape index (κ2) is 5.54. The minimum Gasteiger partial charge on any atom is -0.390 e. The molecule has 1 rings (SSSR count). The first-order chi connectivity index (χ1) is 6.22. The van der Waals surface area contributed by atoms with Crippen LogP contribution in [0.15, 0.2) is 0 Å². The predicted molar refractivity (Wildman–Crippen MR) is 51.5 cm³/mol. The molecule has 0 saturated carbocycles. The van der Waals surface area contributed by atoms with Gasteiger partial charge >= 0.3 is 0 Å². The van der Waals surface area contributed by atoms with Crippen molar-refractivity contribution in [3.63, 3.8) is 0 Å². The van der Waals surface area contributed by atoms with Gasteiger partial charge in [0.05, 0.1) is 12.2 Å². The normalized spacial score (nSPS) is 25.4. The fourth-order valence-corrected chi connectivity index (χ4v) is 1.64. The van der Waals surface area contributed by atoms with Crippen LogP contribution in [0.4, 0.5) is 0 Å². The summed E-state index contributed by atoms with van der Waals surface area (Å²) < 4.78 is 5.48. The maximum absolute atomic E-state index is 9.29. The van der Waals surface area contributed by atoms with Gasteiger partial charge in [0.1, 0.15) is 0 Å². The summed E-state index contributed by atoms with van der Waals surface area (Å²) in [6, 6.07) is 0. The van der Waals surface area contributed by atoms with Crippen LogP contribution in [-0.4, -0.2) is 55.5 Å². The molecule has 0 spiro atoms. The Kier molecular flexibility index (Phi) is 4.66. The lowest BCUT2D eigenvalue weighted by atomic mass is 10.2. The highest BCUT2D eigenvalue weighted by Gasteiger charge is 2.18. The Morgan fingerprint density at radius 1 is 1.69 bits per heavy atom. The third kappa shape index (κ3) is 4.04. The molecule has 0 bridgehead atoms. The summed E-state index contributed by atoms with van der Waals surface area (Å²) in [6.07, 6.45) is 2.25. The fraction of sp³-hybridized carbons (Fsp3) is 1.00. The van der Waals surface area contributed by atoms with Crippen LogP contribution in [0, 0.1) is 0 Å². The molecule has 2 atom stereocenters. The molecule has 0 aromatic rings. The number of aliphatic hydroxyl groups excluding tert-OH is 1. The zero-order chi connectivity index (χ0) is 9.68. The second-order valence-corrected chi connectivity index (χ2v) is 3.75. The van der Waals surface area contributed by atoms with Crippen molar-refractivity contribution in [3.8, 4) is 0 Å². The van der Waals surface area contributed by atoms with E-state index in [0.717, 1.165) is 26.0 Å². The summed E-state index contributed by atoms with van der Waals surface area (Å²) in [5, 5.41) is 9.29. The van der Waals surface area contributed by atoms with Crippen LogP contribution < -0.4 is 5.73 Å². The zero-order valence-electron chi connectivity index (χ0n) is 8.28. The highest BCUT2D eigenvalue weighted by Crippen LogP contribution is 2.12. The fourth-order valence-electron chi connectivity index (χ4n) is 1.64. The van der Waals surface area contributed by atoms with Gasteiger partial charge in [-0.1, -0.05) is 0 Å². The molecule has 0 radical (unpaired) electrons. The lowest BCUT2D eigenvalue weighted by Gasteiger charge is -2.22. The van der Waals surface area contributed by atoms with Gasteiger partial charge in [-0.25, -0.2) is 0 Å². The van der Waals surface area contributed by atoms with Gasteiger partial charge in [0.2, 0.25) is 0 Å². The molecular formula is C9H20N2O2. The maximum atomic E-state index is 9.29. The number of nitrogens with two attached hydrogens (primary N) is 1. The molecule has 0 amide bonds. The van der Waals surface area contributed by atoms with E-state index in [2.05, 4.69) is 4.90 Å². The zero-order valence-corrected chi connectivity index (χ0v) is 8.28. The molecule has 13 heavy (non-hydrogen) atoms. The minimum atomic E-state index is -0.411. The number of nitrogens with zero attached hydrogens (tertiary/aromatic N) is 1. The molecule has 78 valence electrons. The Bertz CT molecular complexity index is 138. The summed E-state index contributed by atoms with van der Waals surface area (Å²) in [7, 11) is 1.99. The van der Waals surface area contributed by atoms with Crippen molar-refractivity contribution in [2.45, 2.75) is 25.0 Å². The molecule has 1 fully saturated rings. The van der Waals surface area contributed by atoms with Crippen LogP contribution >= 0.6 is 0 Å². The van der Waals surface area contributed by atoms with Crippen molar-refractivity contribution >= 4 is 0 Å². The molecule has 0 aliphatic carbocycles. The van der Waals surface area contributed by atoms with E-state index in [1.807, 2.05) is 7.05 Å². The van der Waals surface area contributed by atoms with E-state index in [0.29, 0.717) is 19.2 Å². The van der Waals surface area contributed by atoms with Crippen molar-refractivity contribution in [2.24, 2.45) is 5.73 Å². The molecule has 0 aromatic carbocycles. The van der Waals surface area contributed by atoms with E-state index in [9.17, 15) is 5.11 Å². The second-order valence-electron chi connectivity index (χ2n) is 3.75. The summed E-state index contributed by atoms with van der Waals surface area (Å²) in [5.41, 5.74) is 5.32. The van der Waals surface area contributed by atoms with Crippen molar-refractivity contribution in [3.05, 3.63) is 0 Å². The molecule has 4 heteroatoms. The standard InChI is InChI=1S/C9H20N2O2/c1-11(6-8(12)5-10)7-9-3-2-4-13-9/h8-9,12H,2-7,10H2,1H3. The van der Waals surface area contributed by atoms with Gasteiger partial charge in [-0.15, -0.1) is 0 Å². The van der Waals surface area contributed by atoms with E-state index in [1.54, 1.807) is 0 Å². The molecule has 1 saturated heterocycles. The van der Waals surface area contributed by atoms with Crippen LogP contribution in [-0.2, 0) is 4.74 Å². The molecule has 4 nitrogen and oxygen atoms in total. The average molecular weight is 188 g/mol. The van der Waals surface area contributed by atoms with Gasteiger partial charge < -0.3 is 20.5 Å². The van der Waals surface area contributed by atoms with Gasteiger partial charge in [0.25, 0.3) is 0 Å². The van der Waals surface area contributed by atoms with Crippen LogP contribution in [0.3, 0.4) is 0 Å². The number of likely N-dealkylation sites (N-methyl/N-ethyl adjacent to an activating group) is 1. The SMILES string of the molecule is CN(CC(O)CN)CC1CCCO1. The summed E-state index contributed by atoms with van der Waals surface area (Å²) in [6.45, 7) is 2.75. The third-order valence-corrected chi connectivity index (χ3v) is 2.33. The number of hydrogen-bond donors (Lipinski definition) is 2. The highest BCUT2D eigenvalue weighted by molar-refractivity contribution is 4.70. The van der Waals surface area contributed by atoms with Crippen molar-refractivity contribution < 1.29 is 9.84 Å². The van der Waals surface area contributed by atoms with E-state index < -0.39 is 6.10 Å². The van der Waals surface area contributed by atoms with E-state index in [-0.39, 0.29) is 0 Å². The topological polar surface area (TPSA) is 58.7 Å². The molecule has 1 heterocycles. The lowest BCUT2D eigenvalue weighted by Crippen LogP contribution is -2.37. The van der Waals surface area contributed by atoms with Gasteiger partial charge in [-0.2, -0.15) is 0 Å². The number of hydrogen-bond acceptors (Lipinski definition) is 4. The Morgan fingerprint density at radius 3 is 3.00 bits per heavy atom. The first-order valence-corrected chi connectivity index (χ1v) is 4.90. The molecule has 3 N–H and O–H groups in total. The van der Waals surface area contributed by atoms with Gasteiger partial charge in [-0.05, 0) is 19.9 Å². The van der Waals surface area contributed by atoms with E-state index in [4.69, 9.17) is 10.5 Å². The maximum Gasteiger partial charge on any atom is 0.0789 e.